The van der Waals surface area contributed by atoms with Crippen molar-refractivity contribution in [2.75, 3.05) is 6.54 Å². The zero-order valence-electron chi connectivity index (χ0n) is 21.9. The van der Waals surface area contributed by atoms with Crippen molar-refractivity contribution >= 4 is 23.9 Å². The molecule has 3 amide bonds. The number of hydrogen-bond donors (Lipinski definition) is 4. The minimum Gasteiger partial charge on any atom is -0.480 e. The number of rotatable bonds is 9. The van der Waals surface area contributed by atoms with E-state index >= 15 is 0 Å². The summed E-state index contributed by atoms with van der Waals surface area (Å²) in [7, 11) is 0. The van der Waals surface area contributed by atoms with E-state index in [4.69, 9.17) is 10.5 Å². The molecule has 0 spiro atoms. The largest absolute Gasteiger partial charge is 0.480 e. The summed E-state index contributed by atoms with van der Waals surface area (Å²) in [5.74, 6) is -2.39. The Balaban J connectivity index is 1.78. The van der Waals surface area contributed by atoms with Gasteiger partial charge in [0.2, 0.25) is 11.8 Å². The van der Waals surface area contributed by atoms with Gasteiger partial charge in [0.05, 0.1) is 0 Å². The molecule has 10 heteroatoms. The monoisotopic (exact) mass is 524 g/mol. The number of ether oxygens (including phenoxy) is 1. The molecule has 2 aromatic rings. The predicted molar refractivity (Wildman–Crippen MR) is 141 cm³/mol. The Bertz CT molecular complexity index is 1120. The number of carbonyl (C=O) groups is 4. The zero-order chi connectivity index (χ0) is 27.9. The molecule has 0 unspecified atom stereocenters. The van der Waals surface area contributed by atoms with Crippen molar-refractivity contribution < 1.29 is 29.0 Å². The molecule has 4 atom stereocenters. The average molecular weight is 525 g/mol. The molecule has 1 aliphatic rings. The molecule has 0 bridgehead atoms. The first-order valence-corrected chi connectivity index (χ1v) is 12.6. The lowest BCUT2D eigenvalue weighted by atomic mass is 10.0. The summed E-state index contributed by atoms with van der Waals surface area (Å²) in [5.41, 5.74) is 6.83. The van der Waals surface area contributed by atoms with E-state index in [1.807, 2.05) is 36.4 Å². The lowest BCUT2D eigenvalue weighted by Crippen LogP contribution is -2.56. The highest BCUT2D eigenvalue weighted by Crippen LogP contribution is 2.21. The molecule has 10 nitrogen and oxygen atoms in total. The van der Waals surface area contributed by atoms with Crippen molar-refractivity contribution in [2.45, 2.75) is 69.8 Å². The van der Waals surface area contributed by atoms with E-state index in [1.165, 1.54) is 4.90 Å². The number of nitrogens with zero attached hydrogens (tertiary/aromatic N) is 1. The van der Waals surface area contributed by atoms with E-state index in [1.54, 1.807) is 45.0 Å². The van der Waals surface area contributed by atoms with Crippen LogP contribution >= 0.6 is 0 Å². The van der Waals surface area contributed by atoms with E-state index in [0.717, 1.165) is 11.1 Å². The van der Waals surface area contributed by atoms with Crippen LogP contribution < -0.4 is 16.4 Å². The minimum atomic E-state index is -1.20. The topological polar surface area (TPSA) is 151 Å². The zero-order valence-corrected chi connectivity index (χ0v) is 21.9. The van der Waals surface area contributed by atoms with Gasteiger partial charge in [0.25, 0.3) is 0 Å². The lowest BCUT2D eigenvalue weighted by molar-refractivity contribution is -0.142. The van der Waals surface area contributed by atoms with Gasteiger partial charge in [-0.05, 0) is 38.3 Å². The van der Waals surface area contributed by atoms with Crippen LogP contribution in [0.2, 0.25) is 0 Å². The third-order valence-corrected chi connectivity index (χ3v) is 6.08. The molecule has 3 rings (SSSR count). The Morgan fingerprint density at radius 2 is 1.47 bits per heavy atom. The van der Waals surface area contributed by atoms with Gasteiger partial charge in [-0.2, -0.15) is 0 Å². The summed E-state index contributed by atoms with van der Waals surface area (Å²) in [6.07, 6.45) is -0.251. The summed E-state index contributed by atoms with van der Waals surface area (Å²) < 4.78 is 5.44. The Morgan fingerprint density at radius 1 is 0.947 bits per heavy atom. The van der Waals surface area contributed by atoms with Crippen LogP contribution in [-0.2, 0) is 32.0 Å². The molecular weight excluding hydrogens is 488 g/mol. The first-order valence-electron chi connectivity index (χ1n) is 12.6. The number of nitrogens with one attached hydrogen (secondary N) is 2. The number of hydrogen-bond acceptors (Lipinski definition) is 6. The Morgan fingerprint density at radius 3 is 1.97 bits per heavy atom. The van der Waals surface area contributed by atoms with Gasteiger partial charge in [-0.3, -0.25) is 14.5 Å². The lowest BCUT2D eigenvalue weighted by Gasteiger charge is -2.29. The fourth-order valence-electron chi connectivity index (χ4n) is 4.29. The molecule has 0 aliphatic carbocycles. The number of carboxylic acids is 1. The maximum absolute atomic E-state index is 13.4. The van der Waals surface area contributed by atoms with Gasteiger partial charge in [-0.1, -0.05) is 60.7 Å². The van der Waals surface area contributed by atoms with E-state index in [-0.39, 0.29) is 25.8 Å². The molecule has 0 saturated carbocycles. The maximum Gasteiger partial charge on any atom is 0.411 e. The molecule has 1 heterocycles. The van der Waals surface area contributed by atoms with Crippen LogP contribution in [0, 0.1) is 0 Å². The van der Waals surface area contributed by atoms with Crippen molar-refractivity contribution in [2.24, 2.45) is 5.73 Å². The smallest absolute Gasteiger partial charge is 0.411 e. The minimum absolute atomic E-state index is 0.0812. The van der Waals surface area contributed by atoms with Crippen LogP contribution in [0.1, 0.15) is 38.3 Å². The van der Waals surface area contributed by atoms with Crippen LogP contribution in [0.5, 0.6) is 0 Å². The predicted octanol–water partition coefficient (Wildman–Crippen LogP) is 1.86. The third kappa shape index (κ3) is 8.31. The van der Waals surface area contributed by atoms with Crippen molar-refractivity contribution in [1.29, 1.82) is 0 Å². The highest BCUT2D eigenvalue weighted by atomic mass is 16.6. The summed E-state index contributed by atoms with van der Waals surface area (Å²) in [4.78, 5) is 52.7. The molecule has 2 aromatic carbocycles. The maximum atomic E-state index is 13.4. The van der Waals surface area contributed by atoms with Crippen LogP contribution in [-0.4, -0.2) is 70.2 Å². The summed E-state index contributed by atoms with van der Waals surface area (Å²) >= 11 is 0. The number of nitrogens with two attached hydrogens (primary N) is 1. The molecule has 204 valence electrons. The summed E-state index contributed by atoms with van der Waals surface area (Å²) in [5, 5.41) is 15.1. The van der Waals surface area contributed by atoms with Gasteiger partial charge in [-0.15, -0.1) is 0 Å². The van der Waals surface area contributed by atoms with Crippen LogP contribution in [0.3, 0.4) is 0 Å². The van der Waals surface area contributed by atoms with Crippen molar-refractivity contribution in [3.8, 4) is 0 Å². The number of carboxylic acid groups (broad SMARTS) is 1. The molecule has 0 radical (unpaired) electrons. The molecule has 1 aliphatic heterocycles. The van der Waals surface area contributed by atoms with Gasteiger partial charge in [-0.25, -0.2) is 9.59 Å². The molecular formula is C28H36N4O6. The second kappa shape index (κ2) is 12.6. The van der Waals surface area contributed by atoms with E-state index < -0.39 is 53.6 Å². The van der Waals surface area contributed by atoms with Crippen LogP contribution in [0.25, 0.3) is 0 Å². The van der Waals surface area contributed by atoms with E-state index in [2.05, 4.69) is 10.6 Å². The average Bonchev–Trinajstić information content (AvgIpc) is 3.25. The number of benzene rings is 2. The third-order valence-electron chi connectivity index (χ3n) is 6.08. The van der Waals surface area contributed by atoms with Gasteiger partial charge < -0.3 is 26.2 Å². The Kier molecular flexibility index (Phi) is 9.46. The van der Waals surface area contributed by atoms with Gasteiger partial charge in [0.1, 0.15) is 23.7 Å². The summed E-state index contributed by atoms with van der Waals surface area (Å²) in [6.45, 7) is 5.32. The highest BCUT2D eigenvalue weighted by Gasteiger charge is 2.41. The number of likely N-dealkylation sites (tertiary alicyclic amines) is 1. The highest BCUT2D eigenvalue weighted by molar-refractivity contribution is 5.93. The fraction of sp³-hybridized carbons (Fsp3) is 0.429. The number of aliphatic carboxylic acids is 1. The van der Waals surface area contributed by atoms with Crippen molar-refractivity contribution in [3.05, 3.63) is 71.8 Å². The first kappa shape index (κ1) is 28.6. The van der Waals surface area contributed by atoms with Gasteiger partial charge in [0.15, 0.2) is 0 Å². The second-order valence-electron chi connectivity index (χ2n) is 10.5. The molecule has 1 fully saturated rings. The standard InChI is InChI=1S/C28H36N4O6/c1-28(2,3)38-27(37)32-17-20(29)16-23(32)25(34)30-21(14-18-10-6-4-7-11-18)24(33)31-22(26(35)36)15-19-12-8-5-9-13-19/h4-13,20-23H,14-17,29H2,1-3H3,(H,30,34)(H,31,33)(H,35,36)/t20-,21-,22-,23-/m0/s1. The van der Waals surface area contributed by atoms with Gasteiger partial charge >= 0.3 is 12.1 Å². The molecule has 5 N–H and O–H groups in total. The van der Waals surface area contributed by atoms with Crippen LogP contribution in [0.4, 0.5) is 4.79 Å². The Labute approximate surface area is 222 Å². The second-order valence-corrected chi connectivity index (χ2v) is 10.5. The molecule has 38 heavy (non-hydrogen) atoms. The number of carbonyl (C=O) groups excluding carboxylic acids is 3. The fourth-order valence-corrected chi connectivity index (χ4v) is 4.29. The quantitative estimate of drug-likeness (QED) is 0.391. The van der Waals surface area contributed by atoms with Crippen LogP contribution in [0.15, 0.2) is 60.7 Å². The Hall–Kier alpha value is -3.92. The number of amides is 3. The van der Waals surface area contributed by atoms with E-state index in [9.17, 15) is 24.3 Å². The SMILES string of the molecule is CC(C)(C)OC(=O)N1C[C@@H](N)C[C@H]1C(=O)N[C@@H](Cc1ccccc1)C(=O)N[C@@H](Cc1ccccc1)C(=O)O. The normalized spacial score (nSPS) is 18.8. The summed E-state index contributed by atoms with van der Waals surface area (Å²) in [6, 6.07) is 14.4. The molecule has 0 aromatic heterocycles. The van der Waals surface area contributed by atoms with E-state index in [0.29, 0.717) is 0 Å². The van der Waals surface area contributed by atoms with Crippen molar-refractivity contribution in [3.63, 3.8) is 0 Å². The molecule has 1 saturated heterocycles. The van der Waals surface area contributed by atoms with Crippen molar-refractivity contribution in [1.82, 2.24) is 15.5 Å². The first-order chi connectivity index (χ1) is 17.9. The van der Waals surface area contributed by atoms with Gasteiger partial charge in [0, 0.05) is 25.4 Å².